The summed E-state index contributed by atoms with van der Waals surface area (Å²) in [6.07, 6.45) is 5.14. The quantitative estimate of drug-likeness (QED) is 0.742. The Hall–Kier alpha value is -2.23. The van der Waals surface area contributed by atoms with E-state index in [1.807, 2.05) is 0 Å². The molecule has 0 aromatic heterocycles. The number of carboxylic acid groups (broad SMARTS) is 1. The molecular weight excluding hydrogens is 296 g/mol. The second-order valence-electron chi connectivity index (χ2n) is 4.14. The summed E-state index contributed by atoms with van der Waals surface area (Å²) in [5.74, 6) is 1.37. The number of rotatable bonds is 7. The maximum atomic E-state index is 11.9. The number of nitrogens with zero attached hydrogens (tertiary/aromatic N) is 1. The van der Waals surface area contributed by atoms with Gasteiger partial charge in [-0.3, -0.25) is 14.5 Å². The Bertz CT molecular complexity index is 569. The van der Waals surface area contributed by atoms with Crippen LogP contribution < -0.4 is 10.1 Å². The zero-order chi connectivity index (χ0) is 15.8. The van der Waals surface area contributed by atoms with E-state index in [0.29, 0.717) is 16.5 Å². The molecule has 0 aliphatic rings. The van der Waals surface area contributed by atoms with Crippen molar-refractivity contribution in [1.29, 1.82) is 0 Å². The van der Waals surface area contributed by atoms with Gasteiger partial charge in [0.2, 0.25) is 5.91 Å². The minimum Gasteiger partial charge on any atom is -0.495 e. The number of nitrogens with one attached hydrogen (secondary N) is 1. The van der Waals surface area contributed by atoms with Crippen LogP contribution in [0.5, 0.6) is 5.75 Å². The van der Waals surface area contributed by atoms with Crippen molar-refractivity contribution in [3.63, 3.8) is 0 Å². The first-order chi connectivity index (χ1) is 9.96. The van der Waals surface area contributed by atoms with Crippen molar-refractivity contribution in [3.8, 4) is 18.1 Å². The summed E-state index contributed by atoms with van der Waals surface area (Å²) in [6.45, 7) is -0.357. The van der Waals surface area contributed by atoms with Crippen LogP contribution in [0.1, 0.15) is 0 Å². The van der Waals surface area contributed by atoms with Crippen LogP contribution in [0.4, 0.5) is 5.69 Å². The maximum absolute atomic E-state index is 11.9. The molecule has 0 bridgehead atoms. The van der Waals surface area contributed by atoms with Gasteiger partial charge in [0.05, 0.1) is 31.8 Å². The number of aliphatic carboxylic acids is 1. The number of benzene rings is 1. The zero-order valence-electron chi connectivity index (χ0n) is 11.4. The normalized spacial score (nSPS) is 10.0. The number of hydrogen-bond acceptors (Lipinski definition) is 4. The Kier molecular flexibility index (Phi) is 6.53. The van der Waals surface area contributed by atoms with E-state index < -0.39 is 5.97 Å². The Labute approximate surface area is 127 Å². The molecule has 0 atom stereocenters. The van der Waals surface area contributed by atoms with Crippen molar-refractivity contribution >= 4 is 29.2 Å². The van der Waals surface area contributed by atoms with Gasteiger partial charge in [-0.2, -0.15) is 0 Å². The lowest BCUT2D eigenvalue weighted by Crippen LogP contribution is -2.37. The Balaban J connectivity index is 2.65. The molecule has 0 fully saturated rings. The van der Waals surface area contributed by atoms with Gasteiger partial charge >= 0.3 is 5.97 Å². The van der Waals surface area contributed by atoms with Crippen LogP contribution in [0, 0.1) is 12.3 Å². The van der Waals surface area contributed by atoms with E-state index in [-0.39, 0.29) is 25.5 Å². The van der Waals surface area contributed by atoms with Gasteiger partial charge < -0.3 is 15.2 Å². The summed E-state index contributed by atoms with van der Waals surface area (Å²) in [7, 11) is 1.49. The molecule has 1 rings (SSSR count). The summed E-state index contributed by atoms with van der Waals surface area (Å²) in [5.41, 5.74) is 0.488. The smallest absolute Gasteiger partial charge is 0.317 e. The zero-order valence-corrected chi connectivity index (χ0v) is 12.2. The third kappa shape index (κ3) is 5.73. The molecule has 1 amide bonds. The first-order valence-corrected chi connectivity index (χ1v) is 6.35. The van der Waals surface area contributed by atoms with Crippen LogP contribution in [0.15, 0.2) is 18.2 Å². The fourth-order valence-corrected chi connectivity index (χ4v) is 1.89. The molecule has 0 saturated carbocycles. The van der Waals surface area contributed by atoms with Gasteiger partial charge in [-0.25, -0.2) is 0 Å². The Morgan fingerprint density at radius 2 is 2.19 bits per heavy atom. The van der Waals surface area contributed by atoms with Gasteiger partial charge in [-0.05, 0) is 18.2 Å². The second-order valence-corrected chi connectivity index (χ2v) is 4.55. The van der Waals surface area contributed by atoms with Crippen LogP contribution >= 0.6 is 11.6 Å². The number of carboxylic acids is 1. The van der Waals surface area contributed by atoms with Gasteiger partial charge in [0.1, 0.15) is 5.75 Å². The van der Waals surface area contributed by atoms with Crippen molar-refractivity contribution in [3.05, 3.63) is 23.2 Å². The van der Waals surface area contributed by atoms with Gasteiger partial charge in [-0.1, -0.05) is 17.5 Å². The summed E-state index contributed by atoms with van der Waals surface area (Å²) < 4.78 is 5.00. The highest BCUT2D eigenvalue weighted by Crippen LogP contribution is 2.27. The van der Waals surface area contributed by atoms with Crippen molar-refractivity contribution in [2.45, 2.75) is 0 Å². The number of amides is 1. The number of anilines is 1. The predicted octanol–water partition coefficient (Wildman–Crippen LogP) is 1.31. The average molecular weight is 311 g/mol. The van der Waals surface area contributed by atoms with Gasteiger partial charge in [0, 0.05) is 5.69 Å². The number of carbonyl (C=O) groups is 2. The maximum Gasteiger partial charge on any atom is 0.317 e. The van der Waals surface area contributed by atoms with Crippen LogP contribution in [0.25, 0.3) is 0 Å². The van der Waals surface area contributed by atoms with E-state index in [2.05, 4.69) is 11.2 Å². The number of ether oxygens (including phenoxy) is 1. The monoisotopic (exact) mass is 310 g/mol. The Morgan fingerprint density at radius 1 is 1.48 bits per heavy atom. The van der Waals surface area contributed by atoms with E-state index >= 15 is 0 Å². The SMILES string of the molecule is C#CCN(CC(=O)O)CC(=O)Nc1ccc(OC)c(Cl)c1. The second kappa shape index (κ2) is 8.15. The molecule has 0 unspecified atom stereocenters. The van der Waals surface area contributed by atoms with Crippen LogP contribution in [-0.2, 0) is 9.59 Å². The third-order valence-corrected chi connectivity index (χ3v) is 2.77. The van der Waals surface area contributed by atoms with Crippen LogP contribution in [0.3, 0.4) is 0 Å². The van der Waals surface area contributed by atoms with Gasteiger partial charge in [0.25, 0.3) is 0 Å². The first-order valence-electron chi connectivity index (χ1n) is 5.97. The summed E-state index contributed by atoms with van der Waals surface area (Å²) in [4.78, 5) is 23.9. The average Bonchev–Trinajstić information content (AvgIpc) is 2.38. The molecule has 112 valence electrons. The first kappa shape index (κ1) is 16.8. The molecule has 0 saturated heterocycles. The van der Waals surface area contributed by atoms with Crippen molar-refractivity contribution in [2.75, 3.05) is 32.1 Å². The van der Waals surface area contributed by atoms with E-state index in [1.165, 1.54) is 12.0 Å². The number of terminal acetylenes is 1. The Morgan fingerprint density at radius 3 is 2.71 bits per heavy atom. The lowest BCUT2D eigenvalue weighted by molar-refractivity contribution is -0.138. The standard InChI is InChI=1S/C14H15ClN2O4/c1-3-6-17(9-14(19)20)8-13(18)16-10-4-5-12(21-2)11(15)7-10/h1,4-5,7H,6,8-9H2,2H3,(H,16,18)(H,19,20). The van der Waals surface area contributed by atoms with Crippen molar-refractivity contribution in [1.82, 2.24) is 4.90 Å². The van der Waals surface area contributed by atoms with E-state index in [0.717, 1.165) is 0 Å². The molecule has 0 aliphatic carbocycles. The topological polar surface area (TPSA) is 78.9 Å². The van der Waals surface area contributed by atoms with Crippen LogP contribution in [0.2, 0.25) is 5.02 Å². The van der Waals surface area contributed by atoms with E-state index in [4.69, 9.17) is 27.9 Å². The minimum atomic E-state index is -1.05. The minimum absolute atomic E-state index is 0.0725. The lowest BCUT2D eigenvalue weighted by atomic mass is 10.3. The van der Waals surface area contributed by atoms with Crippen LogP contribution in [-0.4, -0.2) is 48.6 Å². The summed E-state index contributed by atoms with van der Waals surface area (Å²) in [5, 5.41) is 11.7. The summed E-state index contributed by atoms with van der Waals surface area (Å²) >= 11 is 5.95. The van der Waals surface area contributed by atoms with Crippen molar-refractivity contribution < 1.29 is 19.4 Å². The molecule has 1 aromatic carbocycles. The van der Waals surface area contributed by atoms with E-state index in [9.17, 15) is 9.59 Å². The molecule has 1 aromatic rings. The number of hydrogen-bond donors (Lipinski definition) is 2. The molecule has 0 aliphatic heterocycles. The number of methoxy groups -OCH3 is 1. The fourth-order valence-electron chi connectivity index (χ4n) is 1.64. The highest BCUT2D eigenvalue weighted by molar-refractivity contribution is 6.32. The third-order valence-electron chi connectivity index (χ3n) is 2.48. The predicted molar refractivity (Wildman–Crippen MR) is 79.5 cm³/mol. The van der Waals surface area contributed by atoms with Gasteiger partial charge in [-0.15, -0.1) is 6.42 Å². The molecule has 7 heteroatoms. The highest BCUT2D eigenvalue weighted by Gasteiger charge is 2.13. The molecule has 2 N–H and O–H groups in total. The van der Waals surface area contributed by atoms with Gasteiger partial charge in [0.15, 0.2) is 0 Å². The number of carbonyl (C=O) groups excluding carboxylic acids is 1. The molecule has 0 heterocycles. The molecular formula is C14H15ClN2O4. The fraction of sp³-hybridized carbons (Fsp3) is 0.286. The highest BCUT2D eigenvalue weighted by atomic mass is 35.5. The summed E-state index contributed by atoms with van der Waals surface area (Å²) in [6, 6.07) is 4.79. The molecule has 0 radical (unpaired) electrons. The van der Waals surface area contributed by atoms with Crippen molar-refractivity contribution in [2.24, 2.45) is 0 Å². The van der Waals surface area contributed by atoms with E-state index in [1.54, 1.807) is 18.2 Å². The number of halogens is 1. The molecule has 21 heavy (non-hydrogen) atoms. The molecule has 0 spiro atoms. The largest absolute Gasteiger partial charge is 0.495 e. The lowest BCUT2D eigenvalue weighted by Gasteiger charge is -2.17. The molecule has 6 nitrogen and oxygen atoms in total.